The van der Waals surface area contributed by atoms with Crippen molar-refractivity contribution in [1.29, 1.82) is 0 Å². The Hall–Kier alpha value is -1.38. The highest BCUT2D eigenvalue weighted by Gasteiger charge is 2.19. The molecule has 0 amide bonds. The molecule has 88 valence electrons. The van der Waals surface area contributed by atoms with Gasteiger partial charge in [0.2, 0.25) is 0 Å². The highest BCUT2D eigenvalue weighted by atomic mass is 19.1. The minimum atomic E-state index is -0.468. The molecule has 1 rings (SSSR count). The first-order chi connectivity index (χ1) is 7.29. The molecule has 0 atom stereocenters. The third-order valence-electron chi connectivity index (χ3n) is 2.05. The van der Waals surface area contributed by atoms with E-state index in [4.69, 9.17) is 4.74 Å². The zero-order chi connectivity index (χ0) is 12.3. The summed E-state index contributed by atoms with van der Waals surface area (Å²) < 4.78 is 18.5. The first kappa shape index (κ1) is 12.7. The number of rotatable bonds is 2. The van der Waals surface area contributed by atoms with Crippen LogP contribution >= 0.6 is 0 Å². The Balaban J connectivity index is 2.74. The van der Waals surface area contributed by atoms with Crippen LogP contribution in [0.1, 0.15) is 32.8 Å². The molecule has 0 spiro atoms. The van der Waals surface area contributed by atoms with Gasteiger partial charge in [-0.25, -0.2) is 4.39 Å². The lowest BCUT2D eigenvalue weighted by molar-refractivity contribution is -0.136. The summed E-state index contributed by atoms with van der Waals surface area (Å²) in [6.07, 6.45) is 0.264. The standard InChI is InChI=1S/C13H17FO2/c1-9-6-5-7-10(12(9)14)16-11(15)8-13(2,3)4/h5-7H,8H2,1-4H3. The molecule has 0 unspecified atom stereocenters. The van der Waals surface area contributed by atoms with Crippen LogP contribution in [0.2, 0.25) is 0 Å². The van der Waals surface area contributed by atoms with Gasteiger partial charge in [0.05, 0.1) is 6.42 Å². The van der Waals surface area contributed by atoms with E-state index in [1.165, 1.54) is 6.07 Å². The Morgan fingerprint density at radius 3 is 2.56 bits per heavy atom. The minimum absolute atomic E-state index is 0.00856. The van der Waals surface area contributed by atoms with Gasteiger partial charge in [-0.1, -0.05) is 32.9 Å². The van der Waals surface area contributed by atoms with E-state index < -0.39 is 11.8 Å². The summed E-state index contributed by atoms with van der Waals surface area (Å²) in [7, 11) is 0. The second-order valence-corrected chi connectivity index (χ2v) is 5.10. The van der Waals surface area contributed by atoms with Gasteiger partial charge in [-0.3, -0.25) is 4.79 Å². The van der Waals surface area contributed by atoms with Crippen LogP contribution in [-0.4, -0.2) is 5.97 Å². The molecule has 2 nitrogen and oxygen atoms in total. The number of ether oxygens (including phenoxy) is 1. The monoisotopic (exact) mass is 224 g/mol. The summed E-state index contributed by atoms with van der Waals surface area (Å²) in [6, 6.07) is 4.76. The van der Waals surface area contributed by atoms with Crippen molar-refractivity contribution in [3.05, 3.63) is 29.6 Å². The Kier molecular flexibility index (Phi) is 3.68. The van der Waals surface area contributed by atoms with E-state index in [1.54, 1.807) is 19.1 Å². The maximum Gasteiger partial charge on any atom is 0.311 e. The quantitative estimate of drug-likeness (QED) is 0.568. The third kappa shape index (κ3) is 3.65. The van der Waals surface area contributed by atoms with Crippen molar-refractivity contribution < 1.29 is 13.9 Å². The van der Waals surface area contributed by atoms with Crippen molar-refractivity contribution in [3.8, 4) is 5.75 Å². The van der Waals surface area contributed by atoms with E-state index in [1.807, 2.05) is 20.8 Å². The van der Waals surface area contributed by atoms with Crippen molar-refractivity contribution >= 4 is 5.97 Å². The number of hydrogen-bond donors (Lipinski definition) is 0. The molecule has 0 aliphatic rings. The van der Waals surface area contributed by atoms with Crippen molar-refractivity contribution in [2.24, 2.45) is 5.41 Å². The van der Waals surface area contributed by atoms with Gasteiger partial charge in [0.15, 0.2) is 11.6 Å². The van der Waals surface area contributed by atoms with Crippen LogP contribution in [0.4, 0.5) is 4.39 Å². The summed E-state index contributed by atoms with van der Waals surface area (Å²) in [5.41, 5.74) is 0.318. The lowest BCUT2D eigenvalue weighted by Gasteiger charge is -2.16. The normalized spacial score (nSPS) is 11.3. The molecular formula is C13H17FO2. The molecular weight excluding hydrogens is 207 g/mol. The number of carbonyl (C=O) groups excluding carboxylic acids is 1. The van der Waals surface area contributed by atoms with Gasteiger partial charge < -0.3 is 4.74 Å². The number of hydrogen-bond acceptors (Lipinski definition) is 2. The lowest BCUT2D eigenvalue weighted by atomic mass is 9.92. The second kappa shape index (κ2) is 4.64. The number of esters is 1. The van der Waals surface area contributed by atoms with Gasteiger partial charge >= 0.3 is 5.97 Å². The first-order valence-corrected chi connectivity index (χ1v) is 5.25. The molecule has 0 heterocycles. The number of carbonyl (C=O) groups is 1. The molecule has 0 fully saturated rings. The fourth-order valence-corrected chi connectivity index (χ4v) is 1.29. The fourth-order valence-electron chi connectivity index (χ4n) is 1.29. The molecule has 0 saturated heterocycles. The lowest BCUT2D eigenvalue weighted by Crippen LogP contribution is -2.18. The van der Waals surface area contributed by atoms with E-state index in [0.29, 0.717) is 5.56 Å². The minimum Gasteiger partial charge on any atom is -0.423 e. The van der Waals surface area contributed by atoms with Crippen molar-refractivity contribution in [2.75, 3.05) is 0 Å². The van der Waals surface area contributed by atoms with Crippen LogP contribution in [-0.2, 0) is 4.79 Å². The Labute approximate surface area is 95.4 Å². The Bertz CT molecular complexity index is 391. The van der Waals surface area contributed by atoms with Crippen LogP contribution in [0.3, 0.4) is 0 Å². The van der Waals surface area contributed by atoms with Crippen LogP contribution in [0.5, 0.6) is 5.75 Å². The van der Waals surface area contributed by atoms with Gasteiger partial charge in [0, 0.05) is 0 Å². The van der Waals surface area contributed by atoms with Crippen molar-refractivity contribution in [1.82, 2.24) is 0 Å². The SMILES string of the molecule is Cc1cccc(OC(=O)CC(C)(C)C)c1F. The summed E-state index contributed by atoms with van der Waals surface area (Å²) >= 11 is 0. The summed E-state index contributed by atoms with van der Waals surface area (Å²) in [4.78, 5) is 11.5. The van der Waals surface area contributed by atoms with Gasteiger partial charge in [-0.2, -0.15) is 0 Å². The van der Waals surface area contributed by atoms with E-state index in [0.717, 1.165) is 0 Å². The van der Waals surface area contributed by atoms with Crippen molar-refractivity contribution in [3.63, 3.8) is 0 Å². The molecule has 0 saturated carbocycles. The molecule has 3 heteroatoms. The Morgan fingerprint density at radius 1 is 1.38 bits per heavy atom. The number of benzene rings is 1. The van der Waals surface area contributed by atoms with Crippen LogP contribution in [0.25, 0.3) is 0 Å². The highest BCUT2D eigenvalue weighted by molar-refractivity contribution is 5.73. The number of aryl methyl sites for hydroxylation is 1. The average molecular weight is 224 g/mol. The topological polar surface area (TPSA) is 26.3 Å². The van der Waals surface area contributed by atoms with E-state index in [-0.39, 0.29) is 17.6 Å². The van der Waals surface area contributed by atoms with Gasteiger partial charge in [-0.15, -0.1) is 0 Å². The predicted molar refractivity (Wildman–Crippen MR) is 60.8 cm³/mol. The van der Waals surface area contributed by atoms with Gasteiger partial charge in [-0.05, 0) is 24.0 Å². The molecule has 0 N–H and O–H groups in total. The Morgan fingerprint density at radius 2 is 2.00 bits per heavy atom. The zero-order valence-corrected chi connectivity index (χ0v) is 10.1. The molecule has 0 aliphatic carbocycles. The molecule has 1 aromatic rings. The molecule has 1 aromatic carbocycles. The molecule has 0 bridgehead atoms. The molecule has 0 aromatic heterocycles. The molecule has 16 heavy (non-hydrogen) atoms. The summed E-state index contributed by atoms with van der Waals surface area (Å²) in [5, 5.41) is 0. The van der Waals surface area contributed by atoms with Gasteiger partial charge in [0.25, 0.3) is 0 Å². The predicted octanol–water partition coefficient (Wildman–Crippen LogP) is 3.48. The van der Waals surface area contributed by atoms with Crippen LogP contribution in [0, 0.1) is 18.2 Å². The van der Waals surface area contributed by atoms with E-state index >= 15 is 0 Å². The van der Waals surface area contributed by atoms with E-state index in [2.05, 4.69) is 0 Å². The average Bonchev–Trinajstić information content (AvgIpc) is 2.09. The zero-order valence-electron chi connectivity index (χ0n) is 10.1. The number of halogens is 1. The van der Waals surface area contributed by atoms with Gasteiger partial charge in [0.1, 0.15) is 0 Å². The third-order valence-corrected chi connectivity index (χ3v) is 2.05. The van der Waals surface area contributed by atoms with Crippen LogP contribution in [0.15, 0.2) is 18.2 Å². The second-order valence-electron chi connectivity index (χ2n) is 5.10. The smallest absolute Gasteiger partial charge is 0.311 e. The summed E-state index contributed by atoms with van der Waals surface area (Å²) in [6.45, 7) is 7.43. The molecule has 0 aliphatic heterocycles. The maximum absolute atomic E-state index is 13.5. The van der Waals surface area contributed by atoms with E-state index in [9.17, 15) is 9.18 Å². The fraction of sp³-hybridized carbons (Fsp3) is 0.462. The largest absolute Gasteiger partial charge is 0.423 e. The first-order valence-electron chi connectivity index (χ1n) is 5.25. The maximum atomic E-state index is 13.5. The highest BCUT2D eigenvalue weighted by Crippen LogP contribution is 2.23. The molecule has 0 radical (unpaired) electrons. The van der Waals surface area contributed by atoms with Crippen molar-refractivity contribution in [2.45, 2.75) is 34.1 Å². The summed E-state index contributed by atoms with van der Waals surface area (Å²) in [5.74, 6) is -0.865. The van der Waals surface area contributed by atoms with Crippen LogP contribution < -0.4 is 4.74 Å².